The number of hydrogen-bond acceptors (Lipinski definition) is 6. The van der Waals surface area contributed by atoms with Gasteiger partial charge in [0.2, 0.25) is 10.0 Å². The number of primary sulfonamides is 1. The van der Waals surface area contributed by atoms with E-state index >= 15 is 0 Å². The van der Waals surface area contributed by atoms with Crippen LogP contribution in [0.5, 0.6) is 0 Å². The van der Waals surface area contributed by atoms with Crippen LogP contribution in [0.15, 0.2) is 15.7 Å². The number of methoxy groups -OCH3 is 1. The van der Waals surface area contributed by atoms with Crippen LogP contribution in [0.1, 0.15) is 30.6 Å². The summed E-state index contributed by atoms with van der Waals surface area (Å²) in [7, 11) is -2.19. The van der Waals surface area contributed by atoms with Crippen LogP contribution in [0.2, 0.25) is 0 Å². The number of esters is 1. The van der Waals surface area contributed by atoms with E-state index in [2.05, 4.69) is 0 Å². The number of carbonyl (C=O) groups is 1. The fraction of sp³-hybridized carbons (Fsp3) is 0.545. The summed E-state index contributed by atoms with van der Waals surface area (Å²) in [4.78, 5) is 11.7. The molecule has 0 bridgehead atoms. The third kappa shape index (κ3) is 4.90. The molecule has 0 aliphatic heterocycles. The number of ether oxygens (including phenoxy) is 2. The van der Waals surface area contributed by atoms with Crippen molar-refractivity contribution in [3.63, 3.8) is 0 Å². The fourth-order valence-corrected chi connectivity index (χ4v) is 2.72. The average molecular weight is 307 g/mol. The zero-order valence-corrected chi connectivity index (χ0v) is 12.6. The minimum atomic E-state index is -3.77. The van der Waals surface area contributed by atoms with Crippen molar-refractivity contribution in [3.05, 3.63) is 17.0 Å². The van der Waals surface area contributed by atoms with Crippen LogP contribution in [0, 0.1) is 0 Å². The smallest absolute Gasteiger partial charge is 0.339 e. The zero-order chi connectivity index (χ0) is 14.7. The Kier molecular flexibility index (Phi) is 5.08. The normalized spacial score (nSPS) is 12.4. The molecule has 1 aromatic heterocycles. The van der Waals surface area contributed by atoms with E-state index in [0.717, 1.165) is 11.3 Å². The van der Waals surface area contributed by atoms with Crippen LogP contribution in [0.3, 0.4) is 0 Å². The number of nitrogens with two attached hydrogens (primary N) is 1. The topological polar surface area (TPSA) is 95.7 Å². The van der Waals surface area contributed by atoms with Crippen LogP contribution < -0.4 is 5.14 Å². The van der Waals surface area contributed by atoms with Gasteiger partial charge in [0, 0.05) is 18.9 Å². The van der Waals surface area contributed by atoms with Gasteiger partial charge in [0.15, 0.2) is 0 Å². The van der Waals surface area contributed by atoms with Gasteiger partial charge in [0.25, 0.3) is 0 Å². The minimum absolute atomic E-state index is 0.0586. The summed E-state index contributed by atoms with van der Waals surface area (Å²) >= 11 is 0.890. The molecule has 0 atom stereocenters. The first-order valence-corrected chi connectivity index (χ1v) is 7.92. The minimum Gasteiger partial charge on any atom is -0.462 e. The van der Waals surface area contributed by atoms with Gasteiger partial charge in [-0.25, -0.2) is 18.4 Å². The molecule has 0 radical (unpaired) electrons. The van der Waals surface area contributed by atoms with Gasteiger partial charge in [-0.3, -0.25) is 0 Å². The zero-order valence-electron chi connectivity index (χ0n) is 11.0. The van der Waals surface area contributed by atoms with Crippen molar-refractivity contribution in [3.8, 4) is 0 Å². The maximum Gasteiger partial charge on any atom is 0.339 e. The largest absolute Gasteiger partial charge is 0.462 e. The lowest BCUT2D eigenvalue weighted by atomic mass is 10.1. The predicted octanol–water partition coefficient (Wildman–Crippen LogP) is 1.37. The SMILES string of the molecule is COC(C)(C)CCOC(=O)c1csc(S(N)(=O)=O)c1. The Bertz CT molecular complexity index is 547. The summed E-state index contributed by atoms with van der Waals surface area (Å²) in [5, 5.41) is 6.37. The van der Waals surface area contributed by atoms with Gasteiger partial charge in [0.1, 0.15) is 4.21 Å². The molecular weight excluding hydrogens is 290 g/mol. The molecule has 1 aromatic rings. The molecule has 2 N–H and O–H groups in total. The Morgan fingerprint density at radius 2 is 2.11 bits per heavy atom. The summed E-state index contributed by atoms with van der Waals surface area (Å²) < 4.78 is 32.3. The Morgan fingerprint density at radius 3 is 2.58 bits per heavy atom. The third-order valence-corrected chi connectivity index (χ3v) is 4.97. The van der Waals surface area contributed by atoms with Crippen molar-refractivity contribution >= 4 is 27.3 Å². The van der Waals surface area contributed by atoms with E-state index < -0.39 is 16.0 Å². The molecule has 8 heteroatoms. The molecule has 1 rings (SSSR count). The summed E-state index contributed by atoms with van der Waals surface area (Å²) in [5.41, 5.74) is -0.190. The highest BCUT2D eigenvalue weighted by Gasteiger charge is 2.19. The second-order valence-electron chi connectivity index (χ2n) is 4.55. The molecule has 19 heavy (non-hydrogen) atoms. The van der Waals surface area contributed by atoms with Crippen molar-refractivity contribution in [2.45, 2.75) is 30.1 Å². The average Bonchev–Trinajstić information content (AvgIpc) is 2.77. The second-order valence-corrected chi connectivity index (χ2v) is 7.25. The summed E-state index contributed by atoms with van der Waals surface area (Å²) in [5.74, 6) is -0.571. The molecule has 0 aliphatic carbocycles. The van der Waals surface area contributed by atoms with Crippen LogP contribution >= 0.6 is 11.3 Å². The Balaban J connectivity index is 2.58. The van der Waals surface area contributed by atoms with Crippen molar-refractivity contribution in [2.24, 2.45) is 5.14 Å². The highest BCUT2D eigenvalue weighted by Crippen LogP contribution is 2.20. The van der Waals surface area contributed by atoms with Crippen molar-refractivity contribution in [1.29, 1.82) is 0 Å². The molecule has 1 heterocycles. The molecule has 0 aliphatic rings. The molecular formula is C11H17NO5S2. The second kappa shape index (κ2) is 6.00. The van der Waals surface area contributed by atoms with E-state index in [4.69, 9.17) is 14.6 Å². The number of hydrogen-bond donors (Lipinski definition) is 1. The summed E-state index contributed by atoms with van der Waals surface area (Å²) in [6, 6.07) is 1.21. The van der Waals surface area contributed by atoms with E-state index in [-0.39, 0.29) is 22.0 Å². The maximum absolute atomic E-state index is 11.7. The fourth-order valence-electron chi connectivity index (χ4n) is 1.15. The van der Waals surface area contributed by atoms with E-state index in [9.17, 15) is 13.2 Å². The summed E-state index contributed by atoms with van der Waals surface area (Å²) in [6.07, 6.45) is 0.543. The van der Waals surface area contributed by atoms with Crippen molar-refractivity contribution in [2.75, 3.05) is 13.7 Å². The van der Waals surface area contributed by atoms with Crippen LogP contribution in [-0.2, 0) is 19.5 Å². The number of rotatable bonds is 6. The lowest BCUT2D eigenvalue weighted by molar-refractivity contribution is -0.00562. The molecule has 108 valence electrons. The number of carbonyl (C=O) groups excluding carboxylic acids is 1. The lowest BCUT2D eigenvalue weighted by Crippen LogP contribution is -2.25. The number of thiophene rings is 1. The van der Waals surface area contributed by atoms with E-state index in [1.165, 1.54) is 11.4 Å². The van der Waals surface area contributed by atoms with Gasteiger partial charge >= 0.3 is 5.97 Å². The van der Waals surface area contributed by atoms with Crippen LogP contribution in [-0.4, -0.2) is 33.7 Å². The lowest BCUT2D eigenvalue weighted by Gasteiger charge is -2.22. The molecule has 0 saturated heterocycles. The quantitative estimate of drug-likeness (QED) is 0.801. The van der Waals surface area contributed by atoms with Crippen LogP contribution in [0.25, 0.3) is 0 Å². The number of sulfonamides is 1. The Hall–Kier alpha value is -0.960. The molecule has 0 spiro atoms. The van der Waals surface area contributed by atoms with Gasteiger partial charge in [-0.15, -0.1) is 11.3 Å². The standard InChI is InChI=1S/C11H17NO5S2/c1-11(2,16-3)4-5-17-10(13)8-6-9(18-7-8)19(12,14)15/h6-7H,4-5H2,1-3H3,(H2,12,14,15). The molecule has 0 fully saturated rings. The maximum atomic E-state index is 11.7. The van der Waals surface area contributed by atoms with E-state index in [1.54, 1.807) is 7.11 Å². The van der Waals surface area contributed by atoms with Gasteiger partial charge < -0.3 is 9.47 Å². The predicted molar refractivity (Wildman–Crippen MR) is 71.7 cm³/mol. The molecule has 0 aromatic carbocycles. The van der Waals surface area contributed by atoms with Crippen LogP contribution in [0.4, 0.5) is 0 Å². The third-order valence-electron chi connectivity index (χ3n) is 2.58. The van der Waals surface area contributed by atoms with E-state index in [0.29, 0.717) is 6.42 Å². The first-order valence-electron chi connectivity index (χ1n) is 5.49. The first-order chi connectivity index (χ1) is 8.65. The van der Waals surface area contributed by atoms with Gasteiger partial charge in [-0.2, -0.15) is 0 Å². The van der Waals surface area contributed by atoms with E-state index in [1.807, 2.05) is 13.8 Å². The van der Waals surface area contributed by atoms with Crippen molar-refractivity contribution < 1.29 is 22.7 Å². The van der Waals surface area contributed by atoms with Gasteiger partial charge in [-0.1, -0.05) is 0 Å². The highest BCUT2D eigenvalue weighted by molar-refractivity contribution is 7.91. The highest BCUT2D eigenvalue weighted by atomic mass is 32.2. The monoisotopic (exact) mass is 307 g/mol. The molecule has 0 amide bonds. The molecule has 0 unspecified atom stereocenters. The Labute approximate surface area is 116 Å². The van der Waals surface area contributed by atoms with Crippen molar-refractivity contribution in [1.82, 2.24) is 0 Å². The van der Waals surface area contributed by atoms with Gasteiger partial charge in [0.05, 0.1) is 17.8 Å². The summed E-state index contributed by atoms with van der Waals surface area (Å²) in [6.45, 7) is 3.95. The molecule has 6 nitrogen and oxygen atoms in total. The first kappa shape index (κ1) is 16.1. The Morgan fingerprint density at radius 1 is 1.47 bits per heavy atom. The van der Waals surface area contributed by atoms with Gasteiger partial charge in [-0.05, 0) is 19.9 Å². The molecule has 0 saturated carbocycles.